The van der Waals surface area contributed by atoms with Gasteiger partial charge in [-0.25, -0.2) is 32.6 Å². The number of hydrogen-bond acceptors (Lipinski definition) is 5. The van der Waals surface area contributed by atoms with Gasteiger partial charge in [0, 0.05) is 41.7 Å². The number of hydrogen-bond donors (Lipinski definition) is 2. The van der Waals surface area contributed by atoms with E-state index in [-0.39, 0.29) is 18.5 Å². The summed E-state index contributed by atoms with van der Waals surface area (Å²) in [6.07, 6.45) is 0.228. The molecule has 41 heavy (non-hydrogen) atoms. The summed E-state index contributed by atoms with van der Waals surface area (Å²) in [4.78, 5) is 16.4. The van der Waals surface area contributed by atoms with Crippen LogP contribution in [-0.2, 0) is 23.8 Å². The second kappa shape index (κ2) is 10.7. The molecule has 2 heterocycles. The molecule has 2 aromatic heterocycles. The van der Waals surface area contributed by atoms with Crippen molar-refractivity contribution < 1.29 is 22.9 Å². The fraction of sp³-hybridized carbons (Fsp3) is 0.167. The fourth-order valence-corrected chi connectivity index (χ4v) is 6.04. The lowest BCUT2D eigenvalue weighted by molar-refractivity contribution is 0.0691. The molecule has 0 radical (unpaired) electrons. The van der Waals surface area contributed by atoms with Gasteiger partial charge in [0.15, 0.2) is 5.69 Å². The second-order valence-corrected chi connectivity index (χ2v) is 11.8. The number of rotatable bonds is 9. The molecule has 0 aliphatic heterocycles. The predicted octanol–water partition coefficient (Wildman–Crippen LogP) is 6.13. The van der Waals surface area contributed by atoms with Crippen molar-refractivity contribution in [2.75, 3.05) is 0 Å². The summed E-state index contributed by atoms with van der Waals surface area (Å²) in [5, 5.41) is 21.6. The van der Waals surface area contributed by atoms with Crippen molar-refractivity contribution in [3.05, 3.63) is 107 Å². The summed E-state index contributed by atoms with van der Waals surface area (Å²) >= 11 is 1.12. The van der Waals surface area contributed by atoms with Crippen LogP contribution in [0.15, 0.2) is 89.1 Å². The number of carboxylic acids is 1. The number of nitrogens with two attached hydrogens (primary N) is 1. The van der Waals surface area contributed by atoms with E-state index in [0.717, 1.165) is 39.2 Å². The molecule has 1 aliphatic rings. The van der Waals surface area contributed by atoms with Crippen LogP contribution in [0.5, 0.6) is 0 Å². The number of carboxylic acid groups (broad SMARTS) is 1. The largest absolute Gasteiger partial charge is 0.476 e. The van der Waals surface area contributed by atoms with Crippen LogP contribution < -0.4 is 5.14 Å². The molecule has 1 aliphatic carbocycles. The zero-order valence-corrected chi connectivity index (χ0v) is 23.2. The zero-order chi connectivity index (χ0) is 28.7. The Morgan fingerprint density at radius 1 is 1.05 bits per heavy atom. The average Bonchev–Trinajstić information content (AvgIpc) is 3.28. The Balaban J connectivity index is 1.54. The lowest BCUT2D eigenvalue weighted by Gasteiger charge is -2.11. The molecule has 0 saturated heterocycles. The summed E-state index contributed by atoms with van der Waals surface area (Å²) in [5.41, 5.74) is 5.39. The topological polar surface area (TPSA) is 111 Å². The molecule has 0 spiro atoms. The maximum atomic E-state index is 14.1. The fourth-order valence-electron chi connectivity index (χ4n) is 4.89. The van der Waals surface area contributed by atoms with Crippen LogP contribution in [0.4, 0.5) is 8.78 Å². The molecular weight excluding hydrogens is 566 g/mol. The first-order valence-corrected chi connectivity index (χ1v) is 14.9. The molecule has 6 rings (SSSR count). The predicted molar refractivity (Wildman–Crippen MR) is 154 cm³/mol. The third-order valence-electron chi connectivity index (χ3n) is 7.13. The van der Waals surface area contributed by atoms with Gasteiger partial charge in [-0.1, -0.05) is 60.7 Å². The van der Waals surface area contributed by atoms with Crippen LogP contribution in [0.25, 0.3) is 27.5 Å². The van der Waals surface area contributed by atoms with Gasteiger partial charge in [-0.15, -0.1) is 11.3 Å². The highest BCUT2D eigenvalue weighted by Gasteiger charge is 2.56. The van der Waals surface area contributed by atoms with Crippen LogP contribution in [-0.4, -0.2) is 36.0 Å². The van der Waals surface area contributed by atoms with Crippen molar-refractivity contribution in [2.45, 2.75) is 30.1 Å². The quantitative estimate of drug-likeness (QED) is 0.215. The van der Waals surface area contributed by atoms with Crippen molar-refractivity contribution in [3.8, 4) is 27.5 Å². The molecule has 7 nitrogen and oxygen atoms in total. The van der Waals surface area contributed by atoms with Crippen molar-refractivity contribution >= 4 is 28.3 Å². The van der Waals surface area contributed by atoms with Crippen LogP contribution in [0.3, 0.4) is 0 Å². The van der Waals surface area contributed by atoms with Crippen molar-refractivity contribution in [1.82, 2.24) is 14.8 Å². The number of nitrogens with zero attached hydrogens (tertiary/aromatic N) is 3. The van der Waals surface area contributed by atoms with E-state index in [0.29, 0.717) is 27.8 Å². The number of benzene rings is 3. The second-order valence-electron chi connectivity index (χ2n) is 9.94. The van der Waals surface area contributed by atoms with E-state index >= 15 is 0 Å². The molecular formula is C30H24F2N4O3S2. The molecule has 3 aromatic carbocycles. The third kappa shape index (κ3) is 5.61. The Hall–Kier alpha value is -4.06. The highest BCUT2D eigenvalue weighted by Crippen LogP contribution is 2.51. The van der Waals surface area contributed by atoms with Crippen LogP contribution in [0.2, 0.25) is 0 Å². The summed E-state index contributed by atoms with van der Waals surface area (Å²) < 4.78 is 41.5. The number of thiazole rings is 1. The van der Waals surface area contributed by atoms with Gasteiger partial charge in [0.05, 0.1) is 16.3 Å². The monoisotopic (exact) mass is 590 g/mol. The van der Waals surface area contributed by atoms with Gasteiger partial charge in [-0.05, 0) is 34.9 Å². The Labute approximate surface area is 240 Å². The maximum absolute atomic E-state index is 14.1. The molecule has 1 fully saturated rings. The molecule has 1 saturated carbocycles. The van der Waals surface area contributed by atoms with Gasteiger partial charge in [-0.3, -0.25) is 0 Å². The molecule has 5 aromatic rings. The third-order valence-corrected chi connectivity index (χ3v) is 8.69. The minimum Gasteiger partial charge on any atom is -0.476 e. The Kier molecular flexibility index (Phi) is 7.10. The van der Waals surface area contributed by atoms with Crippen LogP contribution in [0, 0.1) is 5.92 Å². The van der Waals surface area contributed by atoms with Crippen LogP contribution >= 0.6 is 11.3 Å². The maximum Gasteiger partial charge on any atom is 0.355 e. The molecule has 208 valence electrons. The van der Waals surface area contributed by atoms with E-state index in [1.54, 1.807) is 16.8 Å². The molecule has 0 bridgehead atoms. The minimum absolute atomic E-state index is 0.0722. The van der Waals surface area contributed by atoms with Gasteiger partial charge < -0.3 is 5.11 Å². The van der Waals surface area contributed by atoms with Gasteiger partial charge in [0.1, 0.15) is 11.0 Å². The molecule has 2 unspecified atom stereocenters. The van der Waals surface area contributed by atoms with Crippen molar-refractivity contribution in [2.24, 2.45) is 11.1 Å². The van der Waals surface area contributed by atoms with E-state index in [9.17, 15) is 22.9 Å². The zero-order valence-electron chi connectivity index (χ0n) is 21.5. The van der Waals surface area contributed by atoms with Crippen molar-refractivity contribution in [3.63, 3.8) is 0 Å². The van der Waals surface area contributed by atoms with Gasteiger partial charge in [-0.2, -0.15) is 5.10 Å². The highest BCUT2D eigenvalue weighted by molar-refractivity contribution is 7.82. The first-order chi connectivity index (χ1) is 19.7. The van der Waals surface area contributed by atoms with E-state index in [1.165, 1.54) is 5.38 Å². The lowest BCUT2D eigenvalue weighted by Crippen LogP contribution is -2.03. The Morgan fingerprint density at radius 3 is 2.37 bits per heavy atom. The normalized spacial score (nSPS) is 16.4. The first kappa shape index (κ1) is 27.1. The van der Waals surface area contributed by atoms with E-state index in [4.69, 9.17) is 10.2 Å². The van der Waals surface area contributed by atoms with Crippen LogP contribution in [0.1, 0.15) is 33.7 Å². The molecule has 2 atom stereocenters. The van der Waals surface area contributed by atoms with Gasteiger partial charge in [0.2, 0.25) is 5.13 Å². The van der Waals surface area contributed by atoms with Gasteiger partial charge in [0.25, 0.3) is 5.92 Å². The summed E-state index contributed by atoms with van der Waals surface area (Å²) in [5.74, 6) is -4.72. The first-order valence-electron chi connectivity index (χ1n) is 12.8. The lowest BCUT2D eigenvalue weighted by atomic mass is 9.95. The summed E-state index contributed by atoms with van der Waals surface area (Å²) in [6, 6.07) is 24.7. The number of carbonyl (C=O) groups is 1. The molecule has 0 amide bonds. The Bertz CT molecular complexity index is 1770. The standard InChI is InChI=1S/C30H24F2N4O3S2/c31-30(32)16-22(30)15-25-24(13-18-9-11-23(12-10-18)41(33)39)27(36(35-25)29-34-26(17-40-29)28(37)38)21-8-4-7-20(14-21)19-5-2-1-3-6-19/h1-12,14,17,22H,13,15-16,33H2,(H,37,38). The van der Waals surface area contributed by atoms with E-state index in [1.807, 2.05) is 66.7 Å². The van der Waals surface area contributed by atoms with Gasteiger partial charge >= 0.3 is 5.97 Å². The smallest absolute Gasteiger partial charge is 0.355 e. The summed E-state index contributed by atoms with van der Waals surface area (Å²) in [7, 11) is -1.63. The molecule has 3 N–H and O–H groups in total. The molecule has 11 heteroatoms. The summed E-state index contributed by atoms with van der Waals surface area (Å²) in [6.45, 7) is 0. The SMILES string of the molecule is NS(=O)c1ccc(Cc2c(CC3CC3(F)F)nn(-c3nc(C(=O)O)cs3)c2-c2cccc(-c3ccccc3)c2)cc1. The average molecular weight is 591 g/mol. The number of aromatic carboxylic acids is 1. The number of aromatic nitrogens is 3. The van der Waals surface area contributed by atoms with E-state index in [2.05, 4.69) is 4.98 Å². The highest BCUT2D eigenvalue weighted by atomic mass is 32.2. The van der Waals surface area contributed by atoms with Crippen molar-refractivity contribution in [1.29, 1.82) is 0 Å². The number of halogens is 2. The number of alkyl halides is 2. The minimum atomic E-state index is -2.74. The van der Waals surface area contributed by atoms with E-state index < -0.39 is 28.8 Å². The Morgan fingerprint density at radius 2 is 1.73 bits per heavy atom.